The molecule has 3 aromatic rings. The molecule has 164 valence electrons. The van der Waals surface area contributed by atoms with E-state index < -0.39 is 0 Å². The number of aromatic nitrogens is 2. The van der Waals surface area contributed by atoms with Crippen LogP contribution in [0, 0.1) is 6.92 Å². The fourth-order valence-corrected chi connectivity index (χ4v) is 3.69. The molecule has 1 N–H and O–H groups in total. The summed E-state index contributed by atoms with van der Waals surface area (Å²) in [6.07, 6.45) is 3.75. The Morgan fingerprint density at radius 1 is 1.13 bits per heavy atom. The zero-order chi connectivity index (χ0) is 21.8. The van der Waals surface area contributed by atoms with Crippen LogP contribution in [0.4, 0.5) is 11.4 Å². The van der Waals surface area contributed by atoms with Crippen molar-refractivity contribution in [1.29, 1.82) is 0 Å². The molecule has 1 aromatic carbocycles. The Labute approximate surface area is 181 Å². The quantitative estimate of drug-likeness (QED) is 0.625. The molecule has 1 amide bonds. The highest BCUT2D eigenvalue weighted by Crippen LogP contribution is 2.39. The molecule has 1 aliphatic heterocycles. The van der Waals surface area contributed by atoms with Crippen LogP contribution in [0.25, 0.3) is 5.65 Å². The maximum absolute atomic E-state index is 13.0. The van der Waals surface area contributed by atoms with E-state index >= 15 is 0 Å². The van der Waals surface area contributed by atoms with E-state index in [1.54, 1.807) is 12.1 Å². The Hall–Kier alpha value is -3.26. The van der Waals surface area contributed by atoms with Crippen molar-refractivity contribution in [3.8, 4) is 11.5 Å². The van der Waals surface area contributed by atoms with Gasteiger partial charge in [-0.3, -0.25) is 4.79 Å². The van der Waals surface area contributed by atoms with E-state index in [1.807, 2.05) is 49.7 Å². The Morgan fingerprint density at radius 3 is 2.61 bits per heavy atom. The second-order valence-corrected chi connectivity index (χ2v) is 7.30. The molecule has 3 heterocycles. The van der Waals surface area contributed by atoms with Gasteiger partial charge in [0, 0.05) is 43.2 Å². The van der Waals surface area contributed by atoms with E-state index in [4.69, 9.17) is 14.2 Å². The van der Waals surface area contributed by atoms with Crippen LogP contribution < -0.4 is 19.7 Å². The minimum absolute atomic E-state index is 0.231. The van der Waals surface area contributed by atoms with Gasteiger partial charge < -0.3 is 28.8 Å². The molecule has 0 spiro atoms. The average molecular weight is 425 g/mol. The molecule has 0 aliphatic carbocycles. The molecule has 8 nitrogen and oxygen atoms in total. The van der Waals surface area contributed by atoms with E-state index in [-0.39, 0.29) is 5.91 Å². The second kappa shape index (κ2) is 9.26. The molecule has 31 heavy (non-hydrogen) atoms. The molecule has 1 fully saturated rings. The van der Waals surface area contributed by atoms with Crippen molar-refractivity contribution < 1.29 is 19.0 Å². The maximum atomic E-state index is 13.0. The second-order valence-electron chi connectivity index (χ2n) is 7.30. The molecule has 0 saturated carbocycles. The summed E-state index contributed by atoms with van der Waals surface area (Å²) >= 11 is 0. The van der Waals surface area contributed by atoms with Crippen molar-refractivity contribution in [3.05, 3.63) is 47.9 Å². The van der Waals surface area contributed by atoms with E-state index in [2.05, 4.69) is 15.2 Å². The molecule has 0 radical (unpaired) electrons. The minimum Gasteiger partial charge on any atom is -0.492 e. The van der Waals surface area contributed by atoms with Crippen LogP contribution in [0.3, 0.4) is 0 Å². The third-order valence-electron chi connectivity index (χ3n) is 5.10. The first-order valence-corrected chi connectivity index (χ1v) is 10.6. The first kappa shape index (κ1) is 21.0. The molecular formula is C23H28N4O4. The number of hydrogen-bond acceptors (Lipinski definition) is 6. The summed E-state index contributed by atoms with van der Waals surface area (Å²) in [6, 6.07) is 7.33. The van der Waals surface area contributed by atoms with Gasteiger partial charge in [0.05, 0.1) is 43.5 Å². The molecule has 2 aromatic heterocycles. The van der Waals surface area contributed by atoms with Crippen LogP contribution in [0.15, 0.2) is 36.7 Å². The molecule has 0 bridgehead atoms. The average Bonchev–Trinajstić information content (AvgIpc) is 3.15. The van der Waals surface area contributed by atoms with Gasteiger partial charge in [0.1, 0.15) is 17.1 Å². The molecular weight excluding hydrogens is 396 g/mol. The number of hydrogen-bond donors (Lipinski definition) is 1. The number of ether oxygens (including phenoxy) is 3. The number of morpholine rings is 1. The number of rotatable bonds is 7. The van der Waals surface area contributed by atoms with Crippen LogP contribution in [-0.4, -0.2) is 54.8 Å². The topological polar surface area (TPSA) is 77.3 Å². The van der Waals surface area contributed by atoms with Crippen molar-refractivity contribution in [2.75, 3.05) is 49.7 Å². The molecule has 0 atom stereocenters. The lowest BCUT2D eigenvalue weighted by Gasteiger charge is -2.31. The largest absolute Gasteiger partial charge is 0.492 e. The number of fused-ring (bicyclic) bond motifs is 1. The third kappa shape index (κ3) is 4.59. The predicted octanol–water partition coefficient (Wildman–Crippen LogP) is 3.53. The Kier molecular flexibility index (Phi) is 6.27. The summed E-state index contributed by atoms with van der Waals surface area (Å²) in [4.78, 5) is 19.7. The summed E-state index contributed by atoms with van der Waals surface area (Å²) in [7, 11) is 0. The van der Waals surface area contributed by atoms with Crippen LogP contribution in [0.2, 0.25) is 0 Å². The number of aryl methyl sites for hydroxylation is 1. The van der Waals surface area contributed by atoms with E-state index in [9.17, 15) is 4.79 Å². The number of nitrogens with zero attached hydrogens (tertiary/aromatic N) is 3. The van der Waals surface area contributed by atoms with Gasteiger partial charge >= 0.3 is 0 Å². The third-order valence-corrected chi connectivity index (χ3v) is 5.10. The fourth-order valence-electron chi connectivity index (χ4n) is 3.69. The van der Waals surface area contributed by atoms with Gasteiger partial charge in [0.25, 0.3) is 5.91 Å². The number of carbonyl (C=O) groups excluding carboxylic acids is 1. The van der Waals surface area contributed by atoms with Gasteiger partial charge in [-0.05, 0) is 32.9 Å². The van der Waals surface area contributed by atoms with Crippen LogP contribution >= 0.6 is 0 Å². The number of benzene rings is 1. The van der Waals surface area contributed by atoms with E-state index in [0.717, 1.165) is 30.1 Å². The van der Waals surface area contributed by atoms with Crippen LogP contribution in [0.1, 0.15) is 29.9 Å². The van der Waals surface area contributed by atoms with E-state index in [1.165, 1.54) is 0 Å². The molecule has 1 saturated heterocycles. The lowest BCUT2D eigenvalue weighted by Crippen LogP contribution is -2.36. The van der Waals surface area contributed by atoms with Crippen LogP contribution in [0.5, 0.6) is 11.5 Å². The van der Waals surface area contributed by atoms with Crippen molar-refractivity contribution in [2.24, 2.45) is 0 Å². The van der Waals surface area contributed by atoms with E-state index in [0.29, 0.717) is 49.2 Å². The lowest BCUT2D eigenvalue weighted by molar-refractivity contribution is 0.102. The predicted molar refractivity (Wildman–Crippen MR) is 120 cm³/mol. The number of carbonyl (C=O) groups is 1. The van der Waals surface area contributed by atoms with Crippen molar-refractivity contribution in [1.82, 2.24) is 9.38 Å². The highest BCUT2D eigenvalue weighted by molar-refractivity contribution is 6.05. The standard InChI is InChI=1S/C23H28N4O4/c1-4-30-20-14-19(26-8-10-29-11-9-26)21(31-5-2)13-18(20)25-23(28)17-6-7-27-15-16(3)24-22(27)12-17/h6-7,12-15H,4-5,8-11H2,1-3H3,(H,25,28). The molecule has 8 heteroatoms. The number of pyridine rings is 1. The summed E-state index contributed by atoms with van der Waals surface area (Å²) in [5.74, 6) is 1.09. The van der Waals surface area contributed by atoms with Crippen molar-refractivity contribution >= 4 is 22.9 Å². The fraction of sp³-hybridized carbons (Fsp3) is 0.391. The Balaban J connectivity index is 1.66. The van der Waals surface area contributed by atoms with Gasteiger partial charge in [-0.15, -0.1) is 0 Å². The minimum atomic E-state index is -0.231. The monoisotopic (exact) mass is 424 g/mol. The zero-order valence-electron chi connectivity index (χ0n) is 18.2. The van der Waals surface area contributed by atoms with Gasteiger partial charge in [0.2, 0.25) is 0 Å². The van der Waals surface area contributed by atoms with Gasteiger partial charge in [0.15, 0.2) is 0 Å². The number of nitrogens with one attached hydrogen (secondary N) is 1. The number of amides is 1. The SMILES string of the molecule is CCOc1cc(N2CCOCC2)c(OCC)cc1NC(=O)c1ccn2cc(C)nc2c1. The summed E-state index contributed by atoms with van der Waals surface area (Å²) in [5, 5.41) is 2.99. The zero-order valence-corrected chi connectivity index (χ0v) is 18.2. The Bertz CT molecular complexity index is 1070. The molecule has 4 rings (SSSR count). The van der Waals surface area contributed by atoms with Gasteiger partial charge in [-0.1, -0.05) is 0 Å². The van der Waals surface area contributed by atoms with Crippen molar-refractivity contribution in [3.63, 3.8) is 0 Å². The molecule has 0 unspecified atom stereocenters. The highest BCUT2D eigenvalue weighted by atomic mass is 16.5. The first-order chi connectivity index (χ1) is 15.1. The Morgan fingerprint density at radius 2 is 1.87 bits per heavy atom. The number of anilines is 2. The first-order valence-electron chi connectivity index (χ1n) is 10.6. The summed E-state index contributed by atoms with van der Waals surface area (Å²) in [5.41, 5.74) is 3.67. The lowest BCUT2D eigenvalue weighted by atomic mass is 10.2. The van der Waals surface area contributed by atoms with Crippen molar-refractivity contribution in [2.45, 2.75) is 20.8 Å². The normalized spacial score (nSPS) is 14.0. The summed E-state index contributed by atoms with van der Waals surface area (Å²) in [6.45, 7) is 9.69. The summed E-state index contributed by atoms with van der Waals surface area (Å²) < 4.78 is 19.1. The number of imidazole rings is 1. The van der Waals surface area contributed by atoms with Gasteiger partial charge in [-0.25, -0.2) is 4.98 Å². The molecule has 1 aliphatic rings. The smallest absolute Gasteiger partial charge is 0.255 e. The van der Waals surface area contributed by atoms with Gasteiger partial charge in [-0.2, -0.15) is 0 Å². The van der Waals surface area contributed by atoms with Crippen LogP contribution in [-0.2, 0) is 4.74 Å². The highest BCUT2D eigenvalue weighted by Gasteiger charge is 2.21. The maximum Gasteiger partial charge on any atom is 0.255 e.